The molecule has 0 amide bonds. The number of benzene rings is 1. The second-order valence-corrected chi connectivity index (χ2v) is 5.35. The van der Waals surface area contributed by atoms with E-state index in [-0.39, 0.29) is 6.04 Å². The molecule has 0 aromatic heterocycles. The molecule has 0 aliphatic carbocycles. The van der Waals surface area contributed by atoms with Gasteiger partial charge in [0.2, 0.25) is 5.82 Å². The number of nitro groups is 1. The Labute approximate surface area is 117 Å². The van der Waals surface area contributed by atoms with Gasteiger partial charge in [-0.3, -0.25) is 10.1 Å². The van der Waals surface area contributed by atoms with Gasteiger partial charge in [-0.05, 0) is 38.8 Å². The molecule has 0 spiro atoms. The zero-order valence-corrected chi connectivity index (χ0v) is 11.6. The van der Waals surface area contributed by atoms with Crippen LogP contribution in [0.3, 0.4) is 0 Å². The second kappa shape index (κ2) is 6.65. The van der Waals surface area contributed by atoms with E-state index in [2.05, 4.69) is 10.6 Å². The molecule has 1 aliphatic heterocycles. The van der Waals surface area contributed by atoms with Gasteiger partial charge in [0.1, 0.15) is 0 Å². The van der Waals surface area contributed by atoms with Gasteiger partial charge >= 0.3 is 5.69 Å². The van der Waals surface area contributed by atoms with E-state index in [0.29, 0.717) is 11.7 Å². The predicted octanol–water partition coefficient (Wildman–Crippen LogP) is 3.07. The van der Waals surface area contributed by atoms with E-state index in [0.717, 1.165) is 13.0 Å². The van der Waals surface area contributed by atoms with E-state index in [1.54, 1.807) is 6.07 Å². The Morgan fingerprint density at radius 1 is 1.55 bits per heavy atom. The first-order chi connectivity index (χ1) is 9.56. The zero-order chi connectivity index (χ0) is 14.5. The predicted molar refractivity (Wildman–Crippen MR) is 76.4 cm³/mol. The molecule has 1 aliphatic rings. The molecule has 20 heavy (non-hydrogen) atoms. The van der Waals surface area contributed by atoms with Crippen LogP contribution in [0.4, 0.5) is 15.8 Å². The lowest BCUT2D eigenvalue weighted by atomic mass is 9.98. The molecule has 2 N–H and O–H groups in total. The van der Waals surface area contributed by atoms with Crippen LogP contribution in [0.2, 0.25) is 0 Å². The quantitative estimate of drug-likeness (QED) is 0.643. The molecule has 1 aromatic carbocycles. The Morgan fingerprint density at radius 3 is 2.95 bits per heavy atom. The molecule has 0 radical (unpaired) electrons. The van der Waals surface area contributed by atoms with Crippen molar-refractivity contribution in [1.29, 1.82) is 0 Å². The van der Waals surface area contributed by atoms with E-state index >= 15 is 0 Å². The molecule has 2 unspecified atom stereocenters. The first-order valence-corrected chi connectivity index (χ1v) is 7.00. The molecule has 110 valence electrons. The van der Waals surface area contributed by atoms with Gasteiger partial charge in [0, 0.05) is 29.9 Å². The van der Waals surface area contributed by atoms with Crippen LogP contribution >= 0.6 is 0 Å². The molecule has 1 heterocycles. The Balaban J connectivity index is 1.92. The van der Waals surface area contributed by atoms with Crippen molar-refractivity contribution in [2.75, 3.05) is 11.9 Å². The van der Waals surface area contributed by atoms with Gasteiger partial charge in [-0.15, -0.1) is 0 Å². The van der Waals surface area contributed by atoms with E-state index < -0.39 is 16.4 Å². The molecule has 2 atom stereocenters. The maximum absolute atomic E-state index is 13.5. The lowest BCUT2D eigenvalue weighted by molar-refractivity contribution is -0.387. The number of nitro benzene ring substituents is 1. The summed E-state index contributed by atoms with van der Waals surface area (Å²) >= 11 is 0. The number of anilines is 1. The average Bonchev–Trinajstić information content (AvgIpc) is 2.39. The first kappa shape index (κ1) is 14.7. The molecule has 1 aromatic rings. The molecule has 2 rings (SSSR count). The Kier molecular flexibility index (Phi) is 4.89. The highest BCUT2D eigenvalue weighted by Gasteiger charge is 2.17. The summed E-state index contributed by atoms with van der Waals surface area (Å²) in [6.45, 7) is 3.10. The van der Waals surface area contributed by atoms with Crippen LogP contribution in [0.1, 0.15) is 32.6 Å². The summed E-state index contributed by atoms with van der Waals surface area (Å²) < 4.78 is 13.5. The summed E-state index contributed by atoms with van der Waals surface area (Å²) in [6, 6.07) is 4.61. The number of nitrogens with zero attached hydrogens (tertiary/aromatic N) is 1. The molecule has 1 saturated heterocycles. The van der Waals surface area contributed by atoms with Gasteiger partial charge in [-0.1, -0.05) is 6.42 Å². The summed E-state index contributed by atoms with van der Waals surface area (Å²) in [5, 5.41) is 17.2. The normalized spacial score (nSPS) is 20.4. The van der Waals surface area contributed by atoms with Crippen molar-refractivity contribution in [2.45, 2.75) is 44.7 Å². The number of halogens is 1. The van der Waals surface area contributed by atoms with Crippen molar-refractivity contribution >= 4 is 11.4 Å². The van der Waals surface area contributed by atoms with Gasteiger partial charge in [0.15, 0.2) is 0 Å². The summed E-state index contributed by atoms with van der Waals surface area (Å²) in [4.78, 5) is 9.84. The fourth-order valence-corrected chi connectivity index (χ4v) is 2.64. The van der Waals surface area contributed by atoms with Crippen molar-refractivity contribution in [3.63, 3.8) is 0 Å². The molecular formula is C14H20FN3O2. The summed E-state index contributed by atoms with van der Waals surface area (Å²) in [5.74, 6) is -0.803. The molecule has 1 fully saturated rings. The van der Waals surface area contributed by atoms with Crippen molar-refractivity contribution < 1.29 is 9.31 Å². The highest BCUT2D eigenvalue weighted by atomic mass is 19.1. The second-order valence-electron chi connectivity index (χ2n) is 5.35. The minimum atomic E-state index is -0.803. The van der Waals surface area contributed by atoms with Gasteiger partial charge < -0.3 is 10.6 Å². The standard InChI is InChI=1S/C14H20FN3O2/c1-10(8-11-4-2-3-7-16-11)17-12-5-6-14(18(19)20)13(15)9-12/h5-6,9-11,16-17H,2-4,7-8H2,1H3. The highest BCUT2D eigenvalue weighted by Crippen LogP contribution is 2.22. The lowest BCUT2D eigenvalue weighted by Gasteiger charge is -2.27. The fourth-order valence-electron chi connectivity index (χ4n) is 2.64. The third-order valence-corrected chi connectivity index (χ3v) is 3.61. The number of hydrogen-bond acceptors (Lipinski definition) is 4. The topological polar surface area (TPSA) is 67.2 Å². The number of nitrogens with one attached hydrogen (secondary N) is 2. The molecule has 5 nitrogen and oxygen atoms in total. The number of hydrogen-bond donors (Lipinski definition) is 2. The molecular weight excluding hydrogens is 261 g/mol. The minimum Gasteiger partial charge on any atom is -0.382 e. The lowest BCUT2D eigenvalue weighted by Crippen LogP contribution is -2.37. The zero-order valence-electron chi connectivity index (χ0n) is 11.6. The van der Waals surface area contributed by atoms with Crippen molar-refractivity contribution in [1.82, 2.24) is 5.32 Å². The summed E-state index contributed by atoms with van der Waals surface area (Å²) in [6.07, 6.45) is 4.60. The maximum Gasteiger partial charge on any atom is 0.304 e. The van der Waals surface area contributed by atoms with Crippen LogP contribution in [0.15, 0.2) is 18.2 Å². The Bertz CT molecular complexity index is 475. The highest BCUT2D eigenvalue weighted by molar-refractivity contribution is 5.50. The van der Waals surface area contributed by atoms with E-state index in [1.807, 2.05) is 6.92 Å². The van der Waals surface area contributed by atoms with Crippen LogP contribution in [-0.4, -0.2) is 23.6 Å². The van der Waals surface area contributed by atoms with E-state index in [1.165, 1.54) is 31.4 Å². The number of rotatable bonds is 5. The van der Waals surface area contributed by atoms with Gasteiger partial charge in [0.25, 0.3) is 0 Å². The van der Waals surface area contributed by atoms with Gasteiger partial charge in [-0.25, -0.2) is 0 Å². The van der Waals surface area contributed by atoms with Crippen molar-refractivity contribution in [3.05, 3.63) is 34.1 Å². The van der Waals surface area contributed by atoms with Crippen LogP contribution in [0, 0.1) is 15.9 Å². The fraction of sp³-hybridized carbons (Fsp3) is 0.571. The van der Waals surface area contributed by atoms with Gasteiger partial charge in [-0.2, -0.15) is 4.39 Å². The summed E-state index contributed by atoms with van der Waals surface area (Å²) in [7, 11) is 0. The van der Waals surface area contributed by atoms with Gasteiger partial charge in [0.05, 0.1) is 4.92 Å². The molecule has 0 saturated carbocycles. The average molecular weight is 281 g/mol. The van der Waals surface area contributed by atoms with E-state index in [4.69, 9.17) is 0 Å². The van der Waals surface area contributed by atoms with Crippen LogP contribution in [0.25, 0.3) is 0 Å². The third kappa shape index (κ3) is 3.90. The Hall–Kier alpha value is -1.69. The smallest absolute Gasteiger partial charge is 0.304 e. The third-order valence-electron chi connectivity index (χ3n) is 3.61. The van der Waals surface area contributed by atoms with E-state index in [9.17, 15) is 14.5 Å². The van der Waals surface area contributed by atoms with Crippen molar-refractivity contribution in [3.8, 4) is 0 Å². The van der Waals surface area contributed by atoms with Crippen molar-refractivity contribution in [2.24, 2.45) is 0 Å². The van der Waals surface area contributed by atoms with Crippen LogP contribution in [-0.2, 0) is 0 Å². The first-order valence-electron chi connectivity index (χ1n) is 7.00. The summed E-state index contributed by atoms with van der Waals surface area (Å²) in [5.41, 5.74) is 0.0913. The minimum absolute atomic E-state index is 0.187. The maximum atomic E-state index is 13.5. The molecule has 6 heteroatoms. The number of piperidine rings is 1. The monoisotopic (exact) mass is 281 g/mol. The van der Waals surface area contributed by atoms with Crippen LogP contribution < -0.4 is 10.6 Å². The van der Waals surface area contributed by atoms with Crippen LogP contribution in [0.5, 0.6) is 0 Å². The molecule has 0 bridgehead atoms. The Morgan fingerprint density at radius 2 is 2.35 bits per heavy atom. The largest absolute Gasteiger partial charge is 0.382 e. The SMILES string of the molecule is CC(CC1CCCCN1)Nc1ccc([N+](=O)[O-])c(F)c1.